The zero-order valence-corrected chi connectivity index (χ0v) is 16.9. The molecule has 0 atom stereocenters. The number of esters is 1. The van der Waals surface area contributed by atoms with Crippen molar-refractivity contribution in [3.05, 3.63) is 69.1 Å². The first-order valence-electron chi connectivity index (χ1n) is 8.25. The first-order valence-corrected chi connectivity index (χ1v) is 9.45. The van der Waals surface area contributed by atoms with Crippen LogP contribution >= 0.6 is 23.4 Å². The van der Waals surface area contributed by atoms with E-state index in [0.29, 0.717) is 21.3 Å². The van der Waals surface area contributed by atoms with Crippen LogP contribution in [0.3, 0.4) is 0 Å². The Morgan fingerprint density at radius 2 is 1.90 bits per heavy atom. The van der Waals surface area contributed by atoms with Crippen molar-refractivity contribution in [1.29, 1.82) is 0 Å². The van der Waals surface area contributed by atoms with Crippen LogP contribution in [0.4, 0.5) is 5.69 Å². The third-order valence-corrected chi connectivity index (χ3v) is 5.42. The smallest absolute Gasteiger partial charge is 0.337 e. The van der Waals surface area contributed by atoms with Crippen molar-refractivity contribution in [1.82, 2.24) is 4.90 Å². The number of aliphatic imine (C=N–C) groups is 1. The fraction of sp³-hybridized carbons (Fsp3) is 0.100. The van der Waals surface area contributed by atoms with Gasteiger partial charge in [0.1, 0.15) is 0 Å². The number of amides is 1. The molecular formula is C20H14ClN2O5S-. The molecule has 7 nitrogen and oxygen atoms in total. The highest BCUT2D eigenvalue weighted by Gasteiger charge is 2.30. The molecule has 0 N–H and O–H groups in total. The van der Waals surface area contributed by atoms with E-state index in [0.717, 1.165) is 17.3 Å². The van der Waals surface area contributed by atoms with Gasteiger partial charge in [-0.1, -0.05) is 23.7 Å². The number of hydrogen-bond acceptors (Lipinski definition) is 7. The highest BCUT2D eigenvalue weighted by molar-refractivity contribution is 8.18. The zero-order valence-electron chi connectivity index (χ0n) is 15.3. The second-order valence-electron chi connectivity index (χ2n) is 5.93. The summed E-state index contributed by atoms with van der Waals surface area (Å²) >= 11 is 6.99. The van der Waals surface area contributed by atoms with E-state index >= 15 is 0 Å². The van der Waals surface area contributed by atoms with Gasteiger partial charge in [0.15, 0.2) is 5.17 Å². The first-order chi connectivity index (χ1) is 13.8. The van der Waals surface area contributed by atoms with Gasteiger partial charge in [-0.05, 0) is 53.7 Å². The minimum absolute atomic E-state index is 0.0495. The van der Waals surface area contributed by atoms with Gasteiger partial charge in [-0.3, -0.25) is 9.69 Å². The molecule has 0 aromatic heterocycles. The van der Waals surface area contributed by atoms with Gasteiger partial charge >= 0.3 is 5.97 Å². The lowest BCUT2D eigenvalue weighted by molar-refractivity contribution is -0.255. The van der Waals surface area contributed by atoms with Crippen molar-refractivity contribution >= 4 is 58.1 Å². The molecule has 2 aromatic carbocycles. The number of benzene rings is 2. The normalized spacial score (nSPS) is 16.5. The van der Waals surface area contributed by atoms with E-state index in [-0.39, 0.29) is 16.5 Å². The van der Waals surface area contributed by atoms with Gasteiger partial charge in [0.25, 0.3) is 5.91 Å². The Kier molecular flexibility index (Phi) is 6.05. The number of carbonyl (C=O) groups is 3. The number of thioether (sulfide) groups is 1. The van der Waals surface area contributed by atoms with Gasteiger partial charge in [0.2, 0.25) is 0 Å². The number of rotatable bonds is 4. The molecule has 1 saturated heterocycles. The van der Waals surface area contributed by atoms with Gasteiger partial charge in [-0.25, -0.2) is 9.79 Å². The summed E-state index contributed by atoms with van der Waals surface area (Å²) in [4.78, 5) is 41.3. The fourth-order valence-corrected chi connectivity index (χ4v) is 3.67. The standard InChI is InChI=1S/C20H15ClN2O5S/c1-23-17(24)16(9-11-3-5-12(6-4-11)19(27)28-2)29-20(23)22-13-7-8-15(21)14(10-13)18(25)26/h3-10H,1-2H3,(H,25,26)/p-1/b16-9-,22-20?. The number of amidine groups is 1. The maximum atomic E-state index is 12.5. The van der Waals surface area contributed by atoms with E-state index in [1.807, 2.05) is 0 Å². The van der Waals surface area contributed by atoms with Gasteiger partial charge < -0.3 is 14.6 Å². The Labute approximate surface area is 175 Å². The molecule has 2 aromatic rings. The van der Waals surface area contributed by atoms with Crippen LogP contribution in [-0.2, 0) is 9.53 Å². The summed E-state index contributed by atoms with van der Waals surface area (Å²) in [5.41, 5.74) is 1.30. The maximum absolute atomic E-state index is 12.5. The third kappa shape index (κ3) is 4.49. The lowest BCUT2D eigenvalue weighted by Gasteiger charge is -2.09. The van der Waals surface area contributed by atoms with Crippen molar-refractivity contribution in [3.8, 4) is 0 Å². The van der Waals surface area contributed by atoms with E-state index in [4.69, 9.17) is 11.6 Å². The molecule has 3 rings (SSSR count). The Hall–Kier alpha value is -3.10. The van der Waals surface area contributed by atoms with Crippen molar-refractivity contribution in [2.75, 3.05) is 14.2 Å². The van der Waals surface area contributed by atoms with E-state index in [1.54, 1.807) is 43.5 Å². The van der Waals surface area contributed by atoms with Crippen LogP contribution in [0, 0.1) is 0 Å². The molecule has 1 aliphatic rings. The Balaban J connectivity index is 1.87. The molecule has 29 heavy (non-hydrogen) atoms. The predicted molar refractivity (Wildman–Crippen MR) is 109 cm³/mol. The summed E-state index contributed by atoms with van der Waals surface area (Å²) in [5.74, 6) is -2.10. The molecule has 1 heterocycles. The summed E-state index contributed by atoms with van der Waals surface area (Å²) < 4.78 is 4.66. The zero-order chi connectivity index (χ0) is 21.1. The molecule has 1 fully saturated rings. The van der Waals surface area contributed by atoms with Crippen molar-refractivity contribution in [2.45, 2.75) is 0 Å². The highest BCUT2D eigenvalue weighted by atomic mass is 35.5. The second kappa shape index (κ2) is 8.50. The third-order valence-electron chi connectivity index (χ3n) is 4.03. The number of carboxylic acids is 1. The number of hydrogen-bond donors (Lipinski definition) is 0. The number of aromatic carboxylic acids is 1. The van der Waals surface area contributed by atoms with Gasteiger partial charge in [0, 0.05) is 17.6 Å². The summed E-state index contributed by atoms with van der Waals surface area (Å²) in [6.07, 6.45) is 1.68. The molecular weight excluding hydrogens is 416 g/mol. The quantitative estimate of drug-likeness (QED) is 0.547. The second-order valence-corrected chi connectivity index (χ2v) is 7.35. The van der Waals surface area contributed by atoms with Crippen LogP contribution < -0.4 is 5.11 Å². The van der Waals surface area contributed by atoms with E-state index < -0.39 is 11.9 Å². The van der Waals surface area contributed by atoms with E-state index in [9.17, 15) is 19.5 Å². The molecule has 0 aliphatic carbocycles. The number of halogens is 1. The molecule has 0 saturated carbocycles. The topological polar surface area (TPSA) is 99.1 Å². The average molecular weight is 430 g/mol. The number of nitrogens with zero attached hydrogens (tertiary/aromatic N) is 2. The van der Waals surface area contributed by atoms with Crippen molar-refractivity contribution < 1.29 is 24.2 Å². The average Bonchev–Trinajstić information content (AvgIpc) is 2.97. The minimum atomic E-state index is -1.41. The Morgan fingerprint density at radius 3 is 2.52 bits per heavy atom. The molecule has 1 aliphatic heterocycles. The fourth-order valence-electron chi connectivity index (χ4n) is 2.49. The molecule has 0 spiro atoms. The van der Waals surface area contributed by atoms with Crippen LogP contribution in [0.15, 0.2) is 52.4 Å². The number of carboxylic acid groups (broad SMARTS) is 1. The highest BCUT2D eigenvalue weighted by Crippen LogP contribution is 2.33. The Bertz CT molecular complexity index is 1060. The van der Waals surface area contributed by atoms with Crippen LogP contribution in [0.2, 0.25) is 5.02 Å². The van der Waals surface area contributed by atoms with Gasteiger partial charge in [-0.2, -0.15) is 0 Å². The van der Waals surface area contributed by atoms with Crippen molar-refractivity contribution in [2.24, 2.45) is 4.99 Å². The molecule has 0 bridgehead atoms. The number of likely N-dealkylation sites (N-methyl/N-ethyl adjacent to an activating group) is 1. The number of ether oxygens (including phenoxy) is 1. The number of carbonyl (C=O) groups excluding carboxylic acids is 3. The number of methoxy groups -OCH3 is 1. The van der Waals surface area contributed by atoms with Crippen LogP contribution in [0.5, 0.6) is 0 Å². The van der Waals surface area contributed by atoms with E-state index in [2.05, 4.69) is 9.73 Å². The summed E-state index contributed by atoms with van der Waals surface area (Å²) in [6.45, 7) is 0. The monoisotopic (exact) mass is 429 g/mol. The minimum Gasteiger partial charge on any atom is -0.545 e. The summed E-state index contributed by atoms with van der Waals surface area (Å²) in [5, 5.41) is 11.6. The lowest BCUT2D eigenvalue weighted by atomic mass is 10.1. The predicted octanol–water partition coefficient (Wildman–Crippen LogP) is 2.72. The van der Waals surface area contributed by atoms with Gasteiger partial charge in [0.05, 0.1) is 29.2 Å². The summed E-state index contributed by atoms with van der Waals surface area (Å²) in [7, 11) is 2.88. The van der Waals surface area contributed by atoms with Gasteiger partial charge in [-0.15, -0.1) is 0 Å². The molecule has 9 heteroatoms. The van der Waals surface area contributed by atoms with Crippen LogP contribution in [0.1, 0.15) is 26.3 Å². The Morgan fingerprint density at radius 1 is 1.21 bits per heavy atom. The van der Waals surface area contributed by atoms with E-state index in [1.165, 1.54) is 24.1 Å². The molecule has 0 unspecified atom stereocenters. The maximum Gasteiger partial charge on any atom is 0.337 e. The van der Waals surface area contributed by atoms with Crippen LogP contribution in [-0.4, -0.2) is 42.1 Å². The van der Waals surface area contributed by atoms with Crippen LogP contribution in [0.25, 0.3) is 6.08 Å². The SMILES string of the molecule is COC(=O)c1ccc(/C=C2\SC(=Nc3ccc(Cl)c(C(=O)[O-])c3)N(C)C2=O)cc1. The summed E-state index contributed by atoms with van der Waals surface area (Å²) in [6, 6.07) is 10.9. The van der Waals surface area contributed by atoms with Crippen molar-refractivity contribution in [3.63, 3.8) is 0 Å². The molecule has 1 amide bonds. The first kappa shape index (κ1) is 20.6. The molecule has 148 valence electrons. The largest absolute Gasteiger partial charge is 0.545 e. The lowest BCUT2D eigenvalue weighted by Crippen LogP contribution is -2.24. The molecule has 0 radical (unpaired) electrons.